The average Bonchev–Trinajstić information content (AvgIpc) is 3.07. The quantitative estimate of drug-likeness (QED) is 0.839. The number of carbonyl (C=O) groups is 2. The van der Waals surface area contributed by atoms with Crippen molar-refractivity contribution in [3.8, 4) is 0 Å². The number of halogens is 1. The number of rotatable bonds is 3. The second kappa shape index (κ2) is 6.43. The molecular weight excluding hydrogens is 363 g/mol. The zero-order chi connectivity index (χ0) is 20.9. The van der Waals surface area contributed by atoms with E-state index in [2.05, 4.69) is 15.4 Å². The Hall–Kier alpha value is -3.23. The standard InChI is InChI=1S/C19H23FN6O2/c1-18(2)16(28)26(5)17(21)23-19(18,3)12-10-11(6-7-13(12)20)22-15(27)14-8-9-25(4)24-14/h6-10H,1-5H3,(H2,21,23)(H,22,27). The summed E-state index contributed by atoms with van der Waals surface area (Å²) in [6.45, 7) is 5.05. The van der Waals surface area contributed by atoms with E-state index in [1.165, 1.54) is 34.8 Å². The summed E-state index contributed by atoms with van der Waals surface area (Å²) in [6.07, 6.45) is 1.65. The van der Waals surface area contributed by atoms with E-state index in [4.69, 9.17) is 5.73 Å². The fraction of sp³-hybridized carbons (Fsp3) is 0.368. The molecule has 0 radical (unpaired) electrons. The minimum absolute atomic E-state index is 0.00847. The van der Waals surface area contributed by atoms with Crippen molar-refractivity contribution in [2.75, 3.05) is 12.4 Å². The molecule has 3 rings (SSSR count). The largest absolute Gasteiger partial charge is 0.369 e. The number of aliphatic imine (C=N–C) groups is 1. The molecule has 2 heterocycles. The molecule has 0 saturated heterocycles. The molecule has 0 fully saturated rings. The van der Waals surface area contributed by atoms with Crippen molar-refractivity contribution in [3.63, 3.8) is 0 Å². The lowest BCUT2D eigenvalue weighted by molar-refractivity contribution is -0.140. The maximum absolute atomic E-state index is 14.8. The Morgan fingerprint density at radius 1 is 1.21 bits per heavy atom. The molecule has 1 aliphatic heterocycles. The summed E-state index contributed by atoms with van der Waals surface area (Å²) in [5.41, 5.74) is 4.35. The molecular formula is C19H23FN6O2. The number of amides is 2. The molecule has 1 unspecified atom stereocenters. The summed E-state index contributed by atoms with van der Waals surface area (Å²) in [7, 11) is 3.23. The second-order valence-electron chi connectivity index (χ2n) is 7.55. The monoisotopic (exact) mass is 386 g/mol. The van der Waals surface area contributed by atoms with Crippen LogP contribution in [0.5, 0.6) is 0 Å². The third-order valence-corrected chi connectivity index (χ3v) is 5.43. The maximum Gasteiger partial charge on any atom is 0.276 e. The van der Waals surface area contributed by atoms with Gasteiger partial charge in [-0.2, -0.15) is 5.10 Å². The maximum atomic E-state index is 14.8. The van der Waals surface area contributed by atoms with Gasteiger partial charge in [0.15, 0.2) is 11.7 Å². The Morgan fingerprint density at radius 3 is 2.50 bits per heavy atom. The third-order valence-electron chi connectivity index (χ3n) is 5.43. The molecule has 1 aromatic heterocycles. The van der Waals surface area contributed by atoms with Crippen LogP contribution in [0.3, 0.4) is 0 Å². The number of anilines is 1. The van der Waals surface area contributed by atoms with Gasteiger partial charge < -0.3 is 11.1 Å². The van der Waals surface area contributed by atoms with Gasteiger partial charge >= 0.3 is 0 Å². The van der Waals surface area contributed by atoms with Gasteiger partial charge in [-0.05, 0) is 45.0 Å². The van der Waals surface area contributed by atoms with Crippen LogP contribution in [-0.2, 0) is 17.4 Å². The van der Waals surface area contributed by atoms with Gasteiger partial charge in [0.25, 0.3) is 5.91 Å². The van der Waals surface area contributed by atoms with E-state index in [9.17, 15) is 14.0 Å². The molecule has 0 spiro atoms. The number of aromatic nitrogens is 2. The Balaban J connectivity index is 2.04. The van der Waals surface area contributed by atoms with Crippen LogP contribution in [-0.4, -0.2) is 39.5 Å². The van der Waals surface area contributed by atoms with E-state index in [1.807, 2.05) is 0 Å². The summed E-state index contributed by atoms with van der Waals surface area (Å²) in [5.74, 6) is -1.23. The molecule has 1 atom stereocenters. The number of hydrogen-bond acceptors (Lipinski definition) is 5. The highest BCUT2D eigenvalue weighted by Crippen LogP contribution is 2.47. The van der Waals surface area contributed by atoms with E-state index < -0.39 is 22.7 Å². The first-order chi connectivity index (χ1) is 13.0. The van der Waals surface area contributed by atoms with Crippen LogP contribution in [0.2, 0.25) is 0 Å². The zero-order valence-corrected chi connectivity index (χ0v) is 16.4. The van der Waals surface area contributed by atoms with E-state index in [-0.39, 0.29) is 23.1 Å². The Morgan fingerprint density at radius 2 is 1.89 bits per heavy atom. The fourth-order valence-electron chi connectivity index (χ4n) is 3.28. The lowest BCUT2D eigenvalue weighted by Crippen LogP contribution is -2.58. The Labute approximate surface area is 162 Å². The summed E-state index contributed by atoms with van der Waals surface area (Å²) in [4.78, 5) is 30.8. The number of benzene rings is 1. The number of hydrogen-bond donors (Lipinski definition) is 2. The summed E-state index contributed by atoms with van der Waals surface area (Å²) < 4.78 is 16.3. The van der Waals surface area contributed by atoms with Crippen molar-refractivity contribution in [3.05, 3.63) is 47.5 Å². The molecule has 148 valence electrons. The minimum atomic E-state index is -1.25. The third kappa shape index (κ3) is 2.92. The van der Waals surface area contributed by atoms with E-state index in [1.54, 1.807) is 40.1 Å². The molecule has 2 amide bonds. The lowest BCUT2D eigenvalue weighted by Gasteiger charge is -2.46. The predicted molar refractivity (Wildman–Crippen MR) is 103 cm³/mol. The molecule has 2 aromatic rings. The number of nitrogens with one attached hydrogen (secondary N) is 1. The van der Waals surface area contributed by atoms with Crippen molar-refractivity contribution in [2.45, 2.75) is 26.3 Å². The van der Waals surface area contributed by atoms with Crippen LogP contribution in [0.25, 0.3) is 0 Å². The lowest BCUT2D eigenvalue weighted by atomic mass is 9.67. The van der Waals surface area contributed by atoms with Gasteiger partial charge in [-0.1, -0.05) is 0 Å². The summed E-state index contributed by atoms with van der Waals surface area (Å²) in [5, 5.41) is 6.74. The van der Waals surface area contributed by atoms with Gasteiger partial charge in [0.2, 0.25) is 5.91 Å². The molecule has 3 N–H and O–H groups in total. The average molecular weight is 386 g/mol. The predicted octanol–water partition coefficient (Wildman–Crippen LogP) is 1.84. The smallest absolute Gasteiger partial charge is 0.276 e. The van der Waals surface area contributed by atoms with Crippen LogP contribution in [0.1, 0.15) is 36.8 Å². The Kier molecular flexibility index (Phi) is 4.49. The van der Waals surface area contributed by atoms with E-state index in [0.717, 1.165) is 0 Å². The number of guanidine groups is 1. The zero-order valence-electron chi connectivity index (χ0n) is 16.4. The number of aryl methyl sites for hydroxylation is 1. The topological polar surface area (TPSA) is 106 Å². The van der Waals surface area contributed by atoms with Gasteiger partial charge in [-0.15, -0.1) is 0 Å². The van der Waals surface area contributed by atoms with Crippen molar-refractivity contribution in [1.29, 1.82) is 0 Å². The number of nitrogens with zero attached hydrogens (tertiary/aromatic N) is 4. The van der Waals surface area contributed by atoms with Crippen molar-refractivity contribution in [2.24, 2.45) is 23.2 Å². The van der Waals surface area contributed by atoms with Gasteiger partial charge in [-0.25, -0.2) is 9.38 Å². The van der Waals surface area contributed by atoms with E-state index >= 15 is 0 Å². The van der Waals surface area contributed by atoms with Crippen LogP contribution in [0.15, 0.2) is 35.5 Å². The molecule has 9 heteroatoms. The van der Waals surface area contributed by atoms with Gasteiger partial charge in [-0.3, -0.25) is 19.2 Å². The first kappa shape index (κ1) is 19.5. The summed E-state index contributed by atoms with van der Waals surface area (Å²) >= 11 is 0. The first-order valence-corrected chi connectivity index (χ1v) is 8.72. The van der Waals surface area contributed by atoms with Crippen molar-refractivity contribution >= 4 is 23.5 Å². The number of carbonyl (C=O) groups excluding carboxylic acids is 2. The highest BCUT2D eigenvalue weighted by atomic mass is 19.1. The molecule has 1 aromatic carbocycles. The molecule has 1 aliphatic rings. The molecule has 28 heavy (non-hydrogen) atoms. The highest BCUT2D eigenvalue weighted by Gasteiger charge is 2.53. The number of nitrogens with two attached hydrogens (primary N) is 1. The van der Waals surface area contributed by atoms with Gasteiger partial charge in [0, 0.05) is 31.5 Å². The van der Waals surface area contributed by atoms with Crippen molar-refractivity contribution < 1.29 is 14.0 Å². The van der Waals surface area contributed by atoms with E-state index in [0.29, 0.717) is 5.69 Å². The molecule has 8 nitrogen and oxygen atoms in total. The van der Waals surface area contributed by atoms with Crippen LogP contribution in [0.4, 0.5) is 10.1 Å². The second-order valence-corrected chi connectivity index (χ2v) is 7.55. The van der Waals surface area contributed by atoms with Gasteiger partial charge in [0.05, 0.1) is 5.41 Å². The molecule has 0 bridgehead atoms. The normalized spacial score (nSPS) is 21.4. The van der Waals surface area contributed by atoms with Crippen LogP contribution in [0, 0.1) is 11.2 Å². The molecule has 0 aliphatic carbocycles. The Bertz CT molecular complexity index is 996. The SMILES string of the molecule is CN1C(=O)C(C)(C)C(C)(c2cc(NC(=O)c3ccn(C)n3)ccc2F)N=C1N. The molecule has 0 saturated carbocycles. The highest BCUT2D eigenvalue weighted by molar-refractivity contribution is 6.03. The van der Waals surface area contributed by atoms with Crippen LogP contribution >= 0.6 is 0 Å². The minimum Gasteiger partial charge on any atom is -0.369 e. The summed E-state index contributed by atoms with van der Waals surface area (Å²) in [6, 6.07) is 5.73. The van der Waals surface area contributed by atoms with Crippen molar-refractivity contribution in [1.82, 2.24) is 14.7 Å². The fourth-order valence-corrected chi connectivity index (χ4v) is 3.28. The van der Waals surface area contributed by atoms with Gasteiger partial charge in [0.1, 0.15) is 11.4 Å². The first-order valence-electron chi connectivity index (χ1n) is 8.72. The van der Waals surface area contributed by atoms with Crippen LogP contribution < -0.4 is 11.1 Å².